The Kier molecular flexibility index (Phi) is 4.36. The van der Waals surface area contributed by atoms with Crippen molar-refractivity contribution in [2.24, 2.45) is 0 Å². The fourth-order valence-corrected chi connectivity index (χ4v) is 3.75. The zero-order valence-corrected chi connectivity index (χ0v) is 12.8. The topological polar surface area (TPSA) is 41.5 Å². The number of nitrogens with one attached hydrogen (secondary N) is 1. The molecule has 4 heteroatoms. The van der Waals surface area contributed by atoms with Gasteiger partial charge < -0.3 is 15.2 Å². The number of fused-ring (bicyclic) bond motifs is 1. The molecule has 1 aliphatic heterocycles. The van der Waals surface area contributed by atoms with Gasteiger partial charge in [-0.15, -0.1) is 11.8 Å². The number of benzene rings is 2. The second kappa shape index (κ2) is 6.41. The molecule has 2 aromatic rings. The number of phenolic OH excluding ortho intramolecular Hbond substituents is 1. The Morgan fingerprint density at radius 3 is 3.00 bits per heavy atom. The van der Waals surface area contributed by atoms with Crippen LogP contribution in [0.2, 0.25) is 0 Å². The Labute approximate surface area is 129 Å². The van der Waals surface area contributed by atoms with E-state index in [2.05, 4.69) is 29.6 Å². The lowest BCUT2D eigenvalue weighted by atomic mass is 10.0. The molecule has 21 heavy (non-hydrogen) atoms. The van der Waals surface area contributed by atoms with Crippen LogP contribution in [0.25, 0.3) is 0 Å². The van der Waals surface area contributed by atoms with Gasteiger partial charge in [-0.25, -0.2) is 0 Å². The van der Waals surface area contributed by atoms with Crippen LogP contribution in [0, 0.1) is 0 Å². The lowest BCUT2D eigenvalue weighted by molar-refractivity contribution is 0.372. The van der Waals surface area contributed by atoms with Crippen molar-refractivity contribution in [2.75, 3.05) is 12.9 Å². The molecule has 3 nitrogen and oxygen atoms in total. The molecular formula is C17H19NO2S. The van der Waals surface area contributed by atoms with Crippen molar-refractivity contribution >= 4 is 11.8 Å². The fourth-order valence-electron chi connectivity index (χ4n) is 2.63. The standard InChI is InChI=1S/C17H19NO2S/c1-20-16-10-12(6-7-15(16)19)11-18-14-8-9-21-17-5-3-2-4-13(14)17/h2-7,10,14,18-19H,8-9,11H2,1H3. The van der Waals surface area contributed by atoms with Gasteiger partial charge in [-0.05, 0) is 41.5 Å². The van der Waals surface area contributed by atoms with E-state index in [9.17, 15) is 5.11 Å². The van der Waals surface area contributed by atoms with Crippen LogP contribution >= 0.6 is 11.8 Å². The summed E-state index contributed by atoms with van der Waals surface area (Å²) >= 11 is 1.93. The summed E-state index contributed by atoms with van der Waals surface area (Å²) in [5, 5.41) is 13.2. The molecule has 1 unspecified atom stereocenters. The predicted molar refractivity (Wildman–Crippen MR) is 86.0 cm³/mol. The molecule has 0 radical (unpaired) electrons. The third kappa shape index (κ3) is 3.17. The highest BCUT2D eigenvalue weighted by Crippen LogP contribution is 2.36. The highest BCUT2D eigenvalue weighted by atomic mass is 32.2. The van der Waals surface area contributed by atoms with E-state index in [0.717, 1.165) is 24.3 Å². The maximum absolute atomic E-state index is 9.63. The van der Waals surface area contributed by atoms with Gasteiger partial charge in [0.1, 0.15) is 0 Å². The van der Waals surface area contributed by atoms with E-state index in [1.165, 1.54) is 10.5 Å². The Morgan fingerprint density at radius 1 is 1.29 bits per heavy atom. The molecule has 1 heterocycles. The number of methoxy groups -OCH3 is 1. The Balaban J connectivity index is 1.71. The molecule has 110 valence electrons. The SMILES string of the molecule is COc1cc(CNC2CCSc3ccccc32)ccc1O. The number of aromatic hydroxyl groups is 1. The van der Waals surface area contributed by atoms with E-state index in [1.807, 2.05) is 23.9 Å². The van der Waals surface area contributed by atoms with Crippen LogP contribution < -0.4 is 10.1 Å². The Hall–Kier alpha value is -1.65. The molecule has 3 rings (SSSR count). The van der Waals surface area contributed by atoms with Crippen LogP contribution in [-0.4, -0.2) is 18.0 Å². The number of hydrogen-bond acceptors (Lipinski definition) is 4. The van der Waals surface area contributed by atoms with Crippen LogP contribution in [0.5, 0.6) is 11.5 Å². The normalized spacial score (nSPS) is 17.3. The summed E-state index contributed by atoms with van der Waals surface area (Å²) in [5.41, 5.74) is 2.50. The summed E-state index contributed by atoms with van der Waals surface area (Å²) in [6.07, 6.45) is 1.14. The molecule has 1 atom stereocenters. The van der Waals surface area contributed by atoms with Gasteiger partial charge in [-0.3, -0.25) is 0 Å². The lowest BCUT2D eigenvalue weighted by Gasteiger charge is -2.26. The first kappa shape index (κ1) is 14.3. The van der Waals surface area contributed by atoms with Crippen molar-refractivity contribution in [3.05, 3.63) is 53.6 Å². The molecule has 0 saturated heterocycles. The molecular weight excluding hydrogens is 282 g/mol. The quantitative estimate of drug-likeness (QED) is 0.903. The van der Waals surface area contributed by atoms with Crippen molar-refractivity contribution in [1.82, 2.24) is 5.32 Å². The molecule has 0 aliphatic carbocycles. The highest BCUT2D eigenvalue weighted by molar-refractivity contribution is 7.99. The van der Waals surface area contributed by atoms with Crippen molar-refractivity contribution in [3.63, 3.8) is 0 Å². The highest BCUT2D eigenvalue weighted by Gasteiger charge is 2.19. The summed E-state index contributed by atoms with van der Waals surface area (Å²) < 4.78 is 5.15. The molecule has 1 aliphatic rings. The molecule has 0 amide bonds. The first-order chi connectivity index (χ1) is 10.3. The average Bonchev–Trinajstić information content (AvgIpc) is 2.54. The van der Waals surface area contributed by atoms with Gasteiger partial charge in [0.05, 0.1) is 7.11 Å². The number of thioether (sulfide) groups is 1. The predicted octanol–water partition coefficient (Wildman–Crippen LogP) is 3.73. The summed E-state index contributed by atoms with van der Waals surface area (Å²) in [4.78, 5) is 1.38. The second-order valence-corrected chi connectivity index (χ2v) is 6.25. The number of phenols is 1. The number of rotatable bonds is 4. The third-order valence-corrected chi connectivity index (χ3v) is 4.88. The lowest BCUT2D eigenvalue weighted by Crippen LogP contribution is -2.24. The van der Waals surface area contributed by atoms with Crippen LogP contribution in [0.15, 0.2) is 47.4 Å². The molecule has 0 fully saturated rings. The van der Waals surface area contributed by atoms with Gasteiger partial charge in [0.2, 0.25) is 0 Å². The minimum atomic E-state index is 0.181. The third-order valence-electron chi connectivity index (χ3n) is 3.76. The monoisotopic (exact) mass is 301 g/mol. The van der Waals surface area contributed by atoms with Crippen molar-refractivity contribution in [1.29, 1.82) is 0 Å². The second-order valence-electron chi connectivity index (χ2n) is 5.11. The van der Waals surface area contributed by atoms with E-state index in [1.54, 1.807) is 13.2 Å². The van der Waals surface area contributed by atoms with Crippen LogP contribution in [-0.2, 0) is 6.54 Å². The van der Waals surface area contributed by atoms with Gasteiger partial charge in [0.25, 0.3) is 0 Å². The maximum Gasteiger partial charge on any atom is 0.160 e. The van der Waals surface area contributed by atoms with Crippen LogP contribution in [0.1, 0.15) is 23.6 Å². The fraction of sp³-hybridized carbons (Fsp3) is 0.294. The van der Waals surface area contributed by atoms with Crippen LogP contribution in [0.3, 0.4) is 0 Å². The molecule has 2 aromatic carbocycles. The van der Waals surface area contributed by atoms with E-state index in [0.29, 0.717) is 11.8 Å². The number of ether oxygens (including phenoxy) is 1. The average molecular weight is 301 g/mol. The van der Waals surface area contributed by atoms with E-state index in [4.69, 9.17) is 4.74 Å². The van der Waals surface area contributed by atoms with Gasteiger partial charge in [-0.2, -0.15) is 0 Å². The largest absolute Gasteiger partial charge is 0.504 e. The molecule has 0 bridgehead atoms. The minimum absolute atomic E-state index is 0.181. The summed E-state index contributed by atoms with van der Waals surface area (Å²) in [5.74, 6) is 1.85. The van der Waals surface area contributed by atoms with E-state index in [-0.39, 0.29) is 5.75 Å². The summed E-state index contributed by atoms with van der Waals surface area (Å²) in [7, 11) is 1.57. The zero-order chi connectivity index (χ0) is 14.7. The number of hydrogen-bond donors (Lipinski definition) is 2. The smallest absolute Gasteiger partial charge is 0.160 e. The zero-order valence-electron chi connectivity index (χ0n) is 12.0. The van der Waals surface area contributed by atoms with Gasteiger partial charge >= 0.3 is 0 Å². The first-order valence-electron chi connectivity index (χ1n) is 7.09. The van der Waals surface area contributed by atoms with E-state index >= 15 is 0 Å². The van der Waals surface area contributed by atoms with Crippen molar-refractivity contribution in [2.45, 2.75) is 23.9 Å². The van der Waals surface area contributed by atoms with E-state index < -0.39 is 0 Å². The van der Waals surface area contributed by atoms with Gasteiger partial charge in [0.15, 0.2) is 11.5 Å². The van der Waals surface area contributed by atoms with Crippen LogP contribution in [0.4, 0.5) is 0 Å². The summed E-state index contributed by atoms with van der Waals surface area (Å²) in [6, 6.07) is 14.5. The molecule has 0 aromatic heterocycles. The molecule has 0 spiro atoms. The molecule has 0 saturated carbocycles. The Bertz CT molecular complexity index is 630. The Morgan fingerprint density at radius 2 is 2.14 bits per heavy atom. The minimum Gasteiger partial charge on any atom is -0.504 e. The van der Waals surface area contributed by atoms with Crippen molar-refractivity contribution < 1.29 is 9.84 Å². The van der Waals surface area contributed by atoms with Crippen molar-refractivity contribution in [3.8, 4) is 11.5 Å². The van der Waals surface area contributed by atoms with Gasteiger partial charge in [-0.1, -0.05) is 24.3 Å². The summed E-state index contributed by atoms with van der Waals surface area (Å²) in [6.45, 7) is 0.764. The maximum atomic E-state index is 9.63. The van der Waals surface area contributed by atoms with Gasteiger partial charge in [0, 0.05) is 17.5 Å². The molecule has 2 N–H and O–H groups in total. The first-order valence-corrected chi connectivity index (χ1v) is 8.07.